The van der Waals surface area contributed by atoms with E-state index in [1.807, 2.05) is 0 Å². The summed E-state index contributed by atoms with van der Waals surface area (Å²) in [6.07, 6.45) is 2.04. The molecule has 10 heavy (non-hydrogen) atoms. The van der Waals surface area contributed by atoms with E-state index in [9.17, 15) is 0 Å². The number of aliphatic hydroxyl groups excluding tert-OH is 1. The maximum absolute atomic E-state index is 8.49. The van der Waals surface area contributed by atoms with Crippen molar-refractivity contribution in [1.29, 1.82) is 0 Å². The van der Waals surface area contributed by atoms with Crippen molar-refractivity contribution in [2.45, 2.75) is 12.5 Å². The summed E-state index contributed by atoms with van der Waals surface area (Å²) in [6, 6.07) is 1.47. The van der Waals surface area contributed by atoms with Gasteiger partial charge in [-0.1, -0.05) is 5.16 Å². The molecule has 0 amide bonds. The van der Waals surface area contributed by atoms with Crippen LogP contribution in [0.4, 0.5) is 0 Å². The molecular formula is C6H10N2O2. The van der Waals surface area contributed by atoms with Gasteiger partial charge in [0.25, 0.3) is 0 Å². The number of aromatic nitrogens is 1. The monoisotopic (exact) mass is 142 g/mol. The molecule has 1 rings (SSSR count). The SMILES string of the molecule is NC(CCO)c1ccno1. The summed E-state index contributed by atoms with van der Waals surface area (Å²) in [4.78, 5) is 0. The summed E-state index contributed by atoms with van der Waals surface area (Å²) in [5, 5.41) is 12.0. The second-order valence-electron chi connectivity index (χ2n) is 2.03. The lowest BCUT2D eigenvalue weighted by Crippen LogP contribution is -2.10. The van der Waals surface area contributed by atoms with Crippen molar-refractivity contribution in [3.63, 3.8) is 0 Å². The van der Waals surface area contributed by atoms with Gasteiger partial charge in [-0.25, -0.2) is 0 Å². The quantitative estimate of drug-likeness (QED) is 0.625. The Morgan fingerprint density at radius 3 is 3.10 bits per heavy atom. The average Bonchev–Trinajstić information content (AvgIpc) is 2.38. The highest BCUT2D eigenvalue weighted by Crippen LogP contribution is 2.10. The summed E-state index contributed by atoms with van der Waals surface area (Å²) in [5.74, 6) is 0.619. The first-order valence-corrected chi connectivity index (χ1v) is 3.11. The van der Waals surface area contributed by atoms with Gasteiger partial charge in [0.05, 0.1) is 12.2 Å². The van der Waals surface area contributed by atoms with Gasteiger partial charge in [0, 0.05) is 12.7 Å². The first-order chi connectivity index (χ1) is 4.84. The van der Waals surface area contributed by atoms with Crippen LogP contribution in [0.25, 0.3) is 0 Å². The Bertz CT molecular complexity index is 174. The van der Waals surface area contributed by atoms with E-state index in [4.69, 9.17) is 15.4 Å². The van der Waals surface area contributed by atoms with Crippen LogP contribution in [0.5, 0.6) is 0 Å². The molecule has 4 heteroatoms. The molecule has 0 aliphatic heterocycles. The fourth-order valence-electron chi connectivity index (χ4n) is 0.698. The van der Waals surface area contributed by atoms with E-state index < -0.39 is 0 Å². The van der Waals surface area contributed by atoms with Crippen LogP contribution in [0.15, 0.2) is 16.8 Å². The summed E-state index contributed by atoms with van der Waals surface area (Å²) >= 11 is 0. The van der Waals surface area contributed by atoms with E-state index in [1.165, 1.54) is 6.20 Å². The smallest absolute Gasteiger partial charge is 0.153 e. The molecule has 0 saturated carbocycles. The topological polar surface area (TPSA) is 72.3 Å². The minimum absolute atomic E-state index is 0.0713. The van der Waals surface area contributed by atoms with Crippen molar-refractivity contribution in [3.05, 3.63) is 18.0 Å². The molecule has 1 atom stereocenters. The molecule has 0 spiro atoms. The molecule has 56 valence electrons. The summed E-state index contributed by atoms with van der Waals surface area (Å²) in [7, 11) is 0. The minimum Gasteiger partial charge on any atom is -0.396 e. The molecule has 0 aromatic carbocycles. The predicted molar refractivity (Wildman–Crippen MR) is 35.1 cm³/mol. The van der Waals surface area contributed by atoms with E-state index in [0.29, 0.717) is 12.2 Å². The van der Waals surface area contributed by atoms with Crippen molar-refractivity contribution in [1.82, 2.24) is 5.16 Å². The standard InChI is InChI=1S/C6H10N2O2/c7-5(2-4-9)6-1-3-8-10-6/h1,3,5,9H,2,4,7H2. The van der Waals surface area contributed by atoms with Gasteiger partial charge in [0.1, 0.15) is 0 Å². The largest absolute Gasteiger partial charge is 0.396 e. The number of hydrogen-bond donors (Lipinski definition) is 2. The first kappa shape index (κ1) is 7.24. The van der Waals surface area contributed by atoms with E-state index >= 15 is 0 Å². The first-order valence-electron chi connectivity index (χ1n) is 3.11. The maximum Gasteiger partial charge on any atom is 0.153 e. The number of nitrogens with zero attached hydrogens (tertiary/aromatic N) is 1. The molecular weight excluding hydrogens is 132 g/mol. The molecule has 0 radical (unpaired) electrons. The Labute approximate surface area is 58.6 Å². The zero-order chi connectivity index (χ0) is 7.40. The lowest BCUT2D eigenvalue weighted by Gasteiger charge is -2.02. The second-order valence-corrected chi connectivity index (χ2v) is 2.03. The highest BCUT2D eigenvalue weighted by atomic mass is 16.5. The molecule has 0 fully saturated rings. The molecule has 1 aromatic heterocycles. The van der Waals surface area contributed by atoms with Gasteiger partial charge in [-0.15, -0.1) is 0 Å². The van der Waals surface area contributed by atoms with Crippen LogP contribution >= 0.6 is 0 Å². The third-order valence-corrected chi connectivity index (χ3v) is 1.26. The minimum atomic E-state index is -0.229. The fraction of sp³-hybridized carbons (Fsp3) is 0.500. The van der Waals surface area contributed by atoms with Crippen LogP contribution in [-0.2, 0) is 0 Å². The lowest BCUT2D eigenvalue weighted by atomic mass is 10.2. The van der Waals surface area contributed by atoms with Crippen molar-refractivity contribution in [2.75, 3.05) is 6.61 Å². The number of hydrogen-bond acceptors (Lipinski definition) is 4. The Balaban J connectivity index is 2.50. The fourth-order valence-corrected chi connectivity index (χ4v) is 0.698. The van der Waals surface area contributed by atoms with Crippen LogP contribution < -0.4 is 5.73 Å². The Morgan fingerprint density at radius 2 is 2.60 bits per heavy atom. The third kappa shape index (κ3) is 1.55. The molecule has 1 heterocycles. The Morgan fingerprint density at radius 1 is 1.80 bits per heavy atom. The van der Waals surface area contributed by atoms with Crippen LogP contribution in [0.2, 0.25) is 0 Å². The van der Waals surface area contributed by atoms with E-state index in [1.54, 1.807) is 6.07 Å². The summed E-state index contributed by atoms with van der Waals surface area (Å²) in [6.45, 7) is 0.0713. The zero-order valence-corrected chi connectivity index (χ0v) is 5.53. The molecule has 1 unspecified atom stereocenters. The number of rotatable bonds is 3. The van der Waals surface area contributed by atoms with Crippen molar-refractivity contribution in [3.8, 4) is 0 Å². The predicted octanol–water partition coefficient (Wildman–Crippen LogP) is 0.0568. The molecule has 0 aliphatic rings. The summed E-state index contributed by atoms with van der Waals surface area (Å²) in [5.41, 5.74) is 5.56. The van der Waals surface area contributed by atoms with Gasteiger partial charge < -0.3 is 15.4 Å². The second kappa shape index (κ2) is 3.34. The molecule has 1 aromatic rings. The van der Waals surface area contributed by atoms with Crippen LogP contribution in [0.3, 0.4) is 0 Å². The Hall–Kier alpha value is -0.870. The molecule has 0 bridgehead atoms. The molecule has 4 nitrogen and oxygen atoms in total. The van der Waals surface area contributed by atoms with E-state index in [2.05, 4.69) is 5.16 Å². The van der Waals surface area contributed by atoms with Gasteiger partial charge in [-0.2, -0.15) is 0 Å². The normalized spacial score (nSPS) is 13.4. The lowest BCUT2D eigenvalue weighted by molar-refractivity contribution is 0.261. The van der Waals surface area contributed by atoms with Gasteiger partial charge in [-0.05, 0) is 6.42 Å². The van der Waals surface area contributed by atoms with Crippen molar-refractivity contribution < 1.29 is 9.63 Å². The van der Waals surface area contributed by atoms with Crippen LogP contribution in [0.1, 0.15) is 18.2 Å². The van der Waals surface area contributed by atoms with Crippen LogP contribution in [-0.4, -0.2) is 16.9 Å². The number of nitrogens with two attached hydrogens (primary N) is 1. The highest BCUT2D eigenvalue weighted by Gasteiger charge is 2.07. The van der Waals surface area contributed by atoms with Gasteiger partial charge in [-0.3, -0.25) is 0 Å². The van der Waals surface area contributed by atoms with Crippen molar-refractivity contribution in [2.24, 2.45) is 5.73 Å². The molecule has 3 N–H and O–H groups in total. The third-order valence-electron chi connectivity index (χ3n) is 1.26. The number of aliphatic hydroxyl groups is 1. The Kier molecular flexibility index (Phi) is 2.42. The highest BCUT2D eigenvalue weighted by molar-refractivity contribution is 4.98. The molecule has 0 saturated heterocycles. The van der Waals surface area contributed by atoms with Crippen LogP contribution in [0, 0.1) is 0 Å². The molecule has 0 aliphatic carbocycles. The van der Waals surface area contributed by atoms with Gasteiger partial charge in [0.2, 0.25) is 0 Å². The van der Waals surface area contributed by atoms with E-state index in [-0.39, 0.29) is 12.6 Å². The van der Waals surface area contributed by atoms with E-state index in [0.717, 1.165) is 0 Å². The van der Waals surface area contributed by atoms with Gasteiger partial charge in [0.15, 0.2) is 5.76 Å². The van der Waals surface area contributed by atoms with Crippen molar-refractivity contribution >= 4 is 0 Å². The maximum atomic E-state index is 8.49. The zero-order valence-electron chi connectivity index (χ0n) is 5.53. The summed E-state index contributed by atoms with van der Waals surface area (Å²) < 4.78 is 4.76. The average molecular weight is 142 g/mol. The van der Waals surface area contributed by atoms with Gasteiger partial charge >= 0.3 is 0 Å².